The van der Waals surface area contributed by atoms with Gasteiger partial charge in [0.2, 0.25) is 5.91 Å². The van der Waals surface area contributed by atoms with Gasteiger partial charge in [0.15, 0.2) is 0 Å². The standard InChI is InChI=1S/C19H25N3O/c1-21(15-7-3-2-4-8-15)18(23)13-22-17-10-6-5-9-16(17)20-19(22)14-11-12-14/h5-6,9-10,14-15H,2-4,7-8,11-13H2,1H3. The van der Waals surface area contributed by atoms with Crippen LogP contribution in [-0.2, 0) is 11.3 Å². The molecular weight excluding hydrogens is 286 g/mol. The molecule has 1 heterocycles. The number of rotatable bonds is 4. The number of hydrogen-bond acceptors (Lipinski definition) is 2. The summed E-state index contributed by atoms with van der Waals surface area (Å²) in [7, 11) is 1.98. The Balaban J connectivity index is 1.59. The lowest BCUT2D eigenvalue weighted by atomic mass is 9.94. The Morgan fingerprint density at radius 3 is 2.65 bits per heavy atom. The van der Waals surface area contributed by atoms with E-state index in [4.69, 9.17) is 4.98 Å². The number of aromatic nitrogens is 2. The second-order valence-electron chi connectivity index (χ2n) is 7.12. The average molecular weight is 311 g/mol. The highest BCUT2D eigenvalue weighted by Gasteiger charge is 2.31. The maximum atomic E-state index is 12.8. The average Bonchev–Trinajstić information content (AvgIpc) is 3.38. The summed E-state index contributed by atoms with van der Waals surface area (Å²) < 4.78 is 2.16. The fourth-order valence-corrected chi connectivity index (χ4v) is 3.83. The van der Waals surface area contributed by atoms with E-state index in [2.05, 4.69) is 10.6 Å². The summed E-state index contributed by atoms with van der Waals surface area (Å²) in [4.78, 5) is 19.6. The van der Waals surface area contributed by atoms with E-state index < -0.39 is 0 Å². The molecule has 2 saturated carbocycles. The maximum Gasteiger partial charge on any atom is 0.242 e. The first kappa shape index (κ1) is 14.7. The molecule has 2 fully saturated rings. The van der Waals surface area contributed by atoms with Crippen molar-refractivity contribution < 1.29 is 4.79 Å². The predicted molar refractivity (Wildman–Crippen MR) is 91.4 cm³/mol. The Kier molecular flexibility index (Phi) is 3.83. The van der Waals surface area contributed by atoms with Crippen LogP contribution in [0.2, 0.25) is 0 Å². The minimum Gasteiger partial charge on any atom is -0.341 e. The lowest BCUT2D eigenvalue weighted by molar-refractivity contribution is -0.133. The zero-order valence-corrected chi connectivity index (χ0v) is 13.9. The second-order valence-corrected chi connectivity index (χ2v) is 7.12. The van der Waals surface area contributed by atoms with Crippen molar-refractivity contribution in [3.05, 3.63) is 30.1 Å². The largest absolute Gasteiger partial charge is 0.341 e. The highest BCUT2D eigenvalue weighted by Crippen LogP contribution is 2.40. The molecule has 1 aromatic carbocycles. The minimum atomic E-state index is 0.224. The summed E-state index contributed by atoms with van der Waals surface area (Å²) in [6.07, 6.45) is 8.54. The van der Waals surface area contributed by atoms with E-state index in [-0.39, 0.29) is 5.91 Å². The first-order valence-corrected chi connectivity index (χ1v) is 8.95. The molecule has 23 heavy (non-hydrogen) atoms. The molecule has 0 atom stereocenters. The molecule has 2 aromatic rings. The van der Waals surface area contributed by atoms with Gasteiger partial charge in [0.25, 0.3) is 0 Å². The number of amides is 1. The van der Waals surface area contributed by atoms with E-state index in [0.29, 0.717) is 18.5 Å². The molecule has 1 amide bonds. The van der Waals surface area contributed by atoms with Crippen LogP contribution < -0.4 is 0 Å². The number of hydrogen-bond donors (Lipinski definition) is 0. The van der Waals surface area contributed by atoms with E-state index in [1.165, 1.54) is 32.1 Å². The number of carbonyl (C=O) groups is 1. The molecular formula is C19H25N3O. The van der Waals surface area contributed by atoms with E-state index >= 15 is 0 Å². The van der Waals surface area contributed by atoms with Gasteiger partial charge in [-0.25, -0.2) is 4.98 Å². The molecule has 4 heteroatoms. The highest BCUT2D eigenvalue weighted by molar-refractivity contribution is 5.81. The predicted octanol–water partition coefficient (Wildman–Crippen LogP) is 3.70. The van der Waals surface area contributed by atoms with Crippen LogP contribution >= 0.6 is 0 Å². The first-order valence-electron chi connectivity index (χ1n) is 8.95. The van der Waals surface area contributed by atoms with Crippen molar-refractivity contribution in [1.82, 2.24) is 14.5 Å². The number of imidazole rings is 1. The third kappa shape index (κ3) is 2.87. The number of benzene rings is 1. The minimum absolute atomic E-state index is 0.224. The fraction of sp³-hybridized carbons (Fsp3) is 0.579. The van der Waals surface area contributed by atoms with Crippen LogP contribution in [-0.4, -0.2) is 33.4 Å². The molecule has 0 aliphatic heterocycles. The Morgan fingerprint density at radius 2 is 1.91 bits per heavy atom. The quantitative estimate of drug-likeness (QED) is 0.863. The van der Waals surface area contributed by atoms with Crippen molar-refractivity contribution in [2.45, 2.75) is 63.5 Å². The summed E-state index contributed by atoms with van der Waals surface area (Å²) in [5, 5.41) is 0. The summed E-state index contributed by atoms with van der Waals surface area (Å²) >= 11 is 0. The Bertz CT molecular complexity index is 710. The molecule has 0 saturated heterocycles. The molecule has 2 aliphatic rings. The van der Waals surface area contributed by atoms with Gasteiger partial charge in [0, 0.05) is 19.0 Å². The van der Waals surface area contributed by atoms with Crippen LogP contribution in [0.15, 0.2) is 24.3 Å². The van der Waals surface area contributed by atoms with Crippen molar-refractivity contribution >= 4 is 16.9 Å². The van der Waals surface area contributed by atoms with Gasteiger partial charge in [-0.15, -0.1) is 0 Å². The fourth-order valence-electron chi connectivity index (χ4n) is 3.83. The normalized spacial score (nSPS) is 19.2. The highest BCUT2D eigenvalue weighted by atomic mass is 16.2. The smallest absolute Gasteiger partial charge is 0.242 e. The molecule has 122 valence electrons. The molecule has 0 spiro atoms. The number of likely N-dealkylation sites (N-methyl/N-ethyl adjacent to an activating group) is 1. The topological polar surface area (TPSA) is 38.1 Å². The van der Waals surface area contributed by atoms with Gasteiger partial charge in [0.1, 0.15) is 12.4 Å². The van der Waals surface area contributed by atoms with Crippen LogP contribution in [0.4, 0.5) is 0 Å². The van der Waals surface area contributed by atoms with E-state index in [1.54, 1.807) is 0 Å². The van der Waals surface area contributed by atoms with Gasteiger partial charge in [-0.05, 0) is 37.8 Å². The molecule has 0 bridgehead atoms. The van der Waals surface area contributed by atoms with Crippen molar-refractivity contribution in [3.63, 3.8) is 0 Å². The van der Waals surface area contributed by atoms with Crippen molar-refractivity contribution in [3.8, 4) is 0 Å². The van der Waals surface area contributed by atoms with Crippen LogP contribution in [0.5, 0.6) is 0 Å². The van der Waals surface area contributed by atoms with Crippen LogP contribution in [0, 0.1) is 0 Å². The summed E-state index contributed by atoms with van der Waals surface area (Å²) in [6.45, 7) is 0.430. The summed E-state index contributed by atoms with van der Waals surface area (Å²) in [5.74, 6) is 1.88. The van der Waals surface area contributed by atoms with Gasteiger partial charge in [-0.2, -0.15) is 0 Å². The maximum absolute atomic E-state index is 12.8. The lowest BCUT2D eigenvalue weighted by Gasteiger charge is -2.31. The molecule has 0 N–H and O–H groups in total. The third-order valence-corrected chi connectivity index (χ3v) is 5.44. The Hall–Kier alpha value is -1.84. The van der Waals surface area contributed by atoms with Gasteiger partial charge in [-0.1, -0.05) is 31.4 Å². The van der Waals surface area contributed by atoms with Gasteiger partial charge < -0.3 is 9.47 Å². The van der Waals surface area contributed by atoms with Crippen molar-refractivity contribution in [2.75, 3.05) is 7.05 Å². The third-order valence-electron chi connectivity index (χ3n) is 5.44. The summed E-state index contributed by atoms with van der Waals surface area (Å²) in [6, 6.07) is 8.61. The van der Waals surface area contributed by atoms with E-state index in [0.717, 1.165) is 29.7 Å². The summed E-state index contributed by atoms with van der Waals surface area (Å²) in [5.41, 5.74) is 2.11. The van der Waals surface area contributed by atoms with Gasteiger partial charge >= 0.3 is 0 Å². The molecule has 4 rings (SSSR count). The molecule has 1 aromatic heterocycles. The molecule has 2 aliphatic carbocycles. The van der Waals surface area contributed by atoms with Crippen molar-refractivity contribution in [1.29, 1.82) is 0 Å². The number of fused-ring (bicyclic) bond motifs is 1. The number of nitrogens with zero attached hydrogens (tertiary/aromatic N) is 3. The Morgan fingerprint density at radius 1 is 1.17 bits per heavy atom. The van der Waals surface area contributed by atoms with E-state index in [9.17, 15) is 4.79 Å². The van der Waals surface area contributed by atoms with Gasteiger partial charge in [0.05, 0.1) is 11.0 Å². The molecule has 0 radical (unpaired) electrons. The van der Waals surface area contributed by atoms with Gasteiger partial charge in [-0.3, -0.25) is 4.79 Å². The van der Waals surface area contributed by atoms with Crippen LogP contribution in [0.25, 0.3) is 11.0 Å². The van der Waals surface area contributed by atoms with Crippen molar-refractivity contribution in [2.24, 2.45) is 0 Å². The van der Waals surface area contributed by atoms with Crippen LogP contribution in [0.3, 0.4) is 0 Å². The zero-order chi connectivity index (χ0) is 15.8. The molecule has 4 nitrogen and oxygen atoms in total. The lowest BCUT2D eigenvalue weighted by Crippen LogP contribution is -2.40. The second kappa shape index (κ2) is 5.99. The zero-order valence-electron chi connectivity index (χ0n) is 13.9. The first-order chi connectivity index (χ1) is 11.2. The number of carbonyl (C=O) groups excluding carboxylic acids is 1. The van der Waals surface area contributed by atoms with E-state index in [1.807, 2.05) is 30.1 Å². The molecule has 0 unspecified atom stereocenters. The SMILES string of the molecule is CN(C(=O)Cn1c(C2CC2)nc2ccccc21)C1CCCCC1. The van der Waals surface area contributed by atoms with Crippen LogP contribution in [0.1, 0.15) is 56.7 Å². The monoisotopic (exact) mass is 311 g/mol. The number of para-hydroxylation sites is 2. The Labute approximate surface area is 137 Å².